The molecule has 1 unspecified atom stereocenters. The van der Waals surface area contributed by atoms with Crippen molar-refractivity contribution in [2.75, 3.05) is 6.54 Å². The fourth-order valence-electron chi connectivity index (χ4n) is 3.19. The normalized spacial score (nSPS) is 20.8. The number of para-hydroxylation sites is 1. The maximum absolute atomic E-state index is 12.2. The van der Waals surface area contributed by atoms with Crippen LogP contribution < -0.4 is 10.5 Å². The Labute approximate surface area is 152 Å². The van der Waals surface area contributed by atoms with Crippen LogP contribution in [0.1, 0.15) is 23.9 Å². The predicted octanol–water partition coefficient (Wildman–Crippen LogP) is 2.54. The Morgan fingerprint density at radius 1 is 1.33 bits per heavy atom. The molecule has 1 saturated heterocycles. The number of hydrogen-bond donors (Lipinski definition) is 1. The van der Waals surface area contributed by atoms with Gasteiger partial charge in [0.15, 0.2) is 11.7 Å². The van der Waals surface area contributed by atoms with E-state index in [2.05, 4.69) is 11.2 Å². The zero-order chi connectivity index (χ0) is 16.7. The molecule has 0 bridgehead atoms. The van der Waals surface area contributed by atoms with Gasteiger partial charge in [-0.15, -0.1) is 11.3 Å². The molecule has 1 aromatic carbocycles. The second-order valence-corrected chi connectivity index (χ2v) is 7.74. The van der Waals surface area contributed by atoms with Gasteiger partial charge in [0.05, 0.1) is 28.0 Å². The summed E-state index contributed by atoms with van der Waals surface area (Å²) < 4.78 is 2.60. The minimum absolute atomic E-state index is 0.0294. The molecule has 2 atom stereocenters. The van der Waals surface area contributed by atoms with Gasteiger partial charge in [0.2, 0.25) is 0 Å². The molecular weight excluding hydrogens is 367 g/mol. The molecule has 8 heteroatoms. The third-order valence-electron chi connectivity index (χ3n) is 4.39. The average Bonchev–Trinajstić information content (AvgIpc) is 3.21. The Bertz CT molecular complexity index is 922. The summed E-state index contributed by atoms with van der Waals surface area (Å²) in [4.78, 5) is 18.3. The van der Waals surface area contributed by atoms with Gasteiger partial charge in [-0.2, -0.15) is 9.78 Å². The highest BCUT2D eigenvalue weighted by Crippen LogP contribution is 2.28. The number of thiazole rings is 1. The lowest BCUT2D eigenvalue weighted by atomic mass is 10.2. The van der Waals surface area contributed by atoms with Crippen LogP contribution in [0, 0.1) is 0 Å². The van der Waals surface area contributed by atoms with Crippen molar-refractivity contribution in [3.05, 3.63) is 55.9 Å². The largest absolute Gasteiger partial charge is 0.308 e. The van der Waals surface area contributed by atoms with Crippen molar-refractivity contribution in [2.24, 2.45) is 0 Å². The Hall–Kier alpha value is -1.47. The molecule has 1 aliphatic rings. The van der Waals surface area contributed by atoms with Crippen molar-refractivity contribution >= 4 is 44.8 Å². The lowest BCUT2D eigenvalue weighted by Crippen LogP contribution is -3.09. The first-order valence-corrected chi connectivity index (χ1v) is 9.32. The second kappa shape index (κ2) is 6.44. The lowest BCUT2D eigenvalue weighted by Gasteiger charge is -2.20. The van der Waals surface area contributed by atoms with Crippen LogP contribution in [-0.2, 0) is 6.67 Å². The van der Waals surface area contributed by atoms with Crippen molar-refractivity contribution < 1.29 is 4.90 Å². The zero-order valence-corrected chi connectivity index (χ0v) is 15.0. The number of likely N-dealkylation sites (tertiary alicyclic amines) is 1. The van der Waals surface area contributed by atoms with E-state index in [9.17, 15) is 4.79 Å². The van der Waals surface area contributed by atoms with Crippen LogP contribution in [0.25, 0.3) is 10.2 Å². The maximum Gasteiger partial charge on any atom is 0.291 e. The van der Waals surface area contributed by atoms with Gasteiger partial charge in [-0.1, -0.05) is 35.3 Å². The second-order valence-electron chi connectivity index (χ2n) is 5.89. The van der Waals surface area contributed by atoms with E-state index >= 15 is 0 Å². The smallest absolute Gasteiger partial charge is 0.291 e. The highest BCUT2D eigenvalue weighted by Gasteiger charge is 2.33. The van der Waals surface area contributed by atoms with E-state index in [1.54, 1.807) is 11.3 Å². The molecule has 0 amide bonds. The molecule has 2 aromatic heterocycles. The first kappa shape index (κ1) is 16.0. The molecule has 1 fully saturated rings. The van der Waals surface area contributed by atoms with Crippen LogP contribution in [0.5, 0.6) is 0 Å². The maximum atomic E-state index is 12.2. The average molecular weight is 382 g/mol. The molecule has 3 aromatic rings. The van der Waals surface area contributed by atoms with Gasteiger partial charge in [0.1, 0.15) is 11.1 Å². The summed E-state index contributed by atoms with van der Waals surface area (Å²) >= 11 is 13.5. The van der Waals surface area contributed by atoms with Gasteiger partial charge in [0.25, 0.3) is 5.56 Å². The van der Waals surface area contributed by atoms with Gasteiger partial charge in [-0.3, -0.25) is 4.79 Å². The number of halogens is 2. The van der Waals surface area contributed by atoms with Crippen molar-refractivity contribution in [3.63, 3.8) is 0 Å². The molecule has 0 radical (unpaired) electrons. The summed E-state index contributed by atoms with van der Waals surface area (Å²) in [5, 5.41) is 5.47. The van der Waals surface area contributed by atoms with Crippen LogP contribution >= 0.6 is 34.5 Å². The first-order valence-electron chi connectivity index (χ1n) is 7.74. The molecule has 4 rings (SSSR count). The topological polar surface area (TPSA) is 52.2 Å². The fraction of sp³-hybridized carbons (Fsp3) is 0.312. The molecule has 0 saturated carbocycles. The Morgan fingerprint density at radius 2 is 2.17 bits per heavy atom. The molecule has 1 aliphatic heterocycles. The highest BCUT2D eigenvalue weighted by atomic mass is 35.5. The summed E-state index contributed by atoms with van der Waals surface area (Å²) in [7, 11) is 0. The number of nitrogens with one attached hydrogen (secondary N) is 1. The monoisotopic (exact) mass is 381 g/mol. The van der Waals surface area contributed by atoms with Gasteiger partial charge in [-0.05, 0) is 12.1 Å². The van der Waals surface area contributed by atoms with Crippen molar-refractivity contribution in [3.8, 4) is 0 Å². The number of hydrogen-bond acceptors (Lipinski definition) is 4. The summed E-state index contributed by atoms with van der Waals surface area (Å²) in [5.74, 6) is 0. The zero-order valence-electron chi connectivity index (χ0n) is 12.7. The van der Waals surface area contributed by atoms with Crippen molar-refractivity contribution in [1.82, 2.24) is 14.8 Å². The van der Waals surface area contributed by atoms with E-state index in [1.165, 1.54) is 20.5 Å². The van der Waals surface area contributed by atoms with E-state index in [1.807, 2.05) is 18.2 Å². The van der Waals surface area contributed by atoms with Crippen LogP contribution in [0.2, 0.25) is 10.0 Å². The number of nitrogens with zero attached hydrogens (tertiary/aromatic N) is 3. The first-order chi connectivity index (χ1) is 11.6. The van der Waals surface area contributed by atoms with Crippen LogP contribution in [-0.4, -0.2) is 21.3 Å². The molecular formula is C16H15Cl2N4OS+. The van der Waals surface area contributed by atoms with Gasteiger partial charge in [0, 0.05) is 12.8 Å². The van der Waals surface area contributed by atoms with E-state index < -0.39 is 0 Å². The minimum Gasteiger partial charge on any atom is -0.308 e. The third kappa shape index (κ3) is 2.84. The van der Waals surface area contributed by atoms with E-state index in [0.717, 1.165) is 29.9 Å². The van der Waals surface area contributed by atoms with Gasteiger partial charge in [-0.25, -0.2) is 4.98 Å². The molecule has 0 spiro atoms. The Balaban J connectivity index is 1.63. The SMILES string of the molecule is O=c1c(Cl)c(Cl)cnn1C[NH+]1CCC[C@@H]1c1nc2ccccc2s1. The van der Waals surface area contributed by atoms with E-state index in [0.29, 0.717) is 6.67 Å². The van der Waals surface area contributed by atoms with Gasteiger partial charge >= 0.3 is 0 Å². The molecule has 3 heterocycles. The number of rotatable bonds is 3. The van der Waals surface area contributed by atoms with E-state index in [-0.39, 0.29) is 21.6 Å². The summed E-state index contributed by atoms with van der Waals surface area (Å²) in [6.07, 6.45) is 3.59. The lowest BCUT2D eigenvalue weighted by molar-refractivity contribution is -0.941. The fourth-order valence-corrected chi connectivity index (χ4v) is 4.62. The Morgan fingerprint density at radius 3 is 3.00 bits per heavy atom. The summed E-state index contributed by atoms with van der Waals surface area (Å²) in [5.41, 5.74) is 0.695. The Kier molecular flexibility index (Phi) is 4.30. The van der Waals surface area contributed by atoms with Crippen molar-refractivity contribution in [1.29, 1.82) is 0 Å². The third-order valence-corrected chi connectivity index (χ3v) is 6.29. The molecule has 124 valence electrons. The molecule has 0 aliphatic carbocycles. The number of benzene rings is 1. The number of aromatic nitrogens is 3. The quantitative estimate of drug-likeness (QED) is 0.758. The van der Waals surface area contributed by atoms with Crippen LogP contribution in [0.3, 0.4) is 0 Å². The standard InChI is InChI=1S/C16H14Cl2N4OS/c17-10-8-19-22(16(23)14(10)18)9-21-7-3-5-12(21)15-20-11-4-1-2-6-13(11)24-15/h1-2,4,6,8,12H,3,5,7,9H2/p+1/t12-/m1/s1. The van der Waals surface area contributed by atoms with Crippen LogP contribution in [0.15, 0.2) is 35.3 Å². The highest BCUT2D eigenvalue weighted by molar-refractivity contribution is 7.18. The number of fused-ring (bicyclic) bond motifs is 1. The van der Waals surface area contributed by atoms with E-state index in [4.69, 9.17) is 28.2 Å². The molecule has 1 N–H and O–H groups in total. The number of quaternary nitrogens is 1. The molecule has 5 nitrogen and oxygen atoms in total. The summed E-state index contributed by atoms with van der Waals surface area (Å²) in [6.45, 7) is 1.45. The van der Waals surface area contributed by atoms with Crippen molar-refractivity contribution in [2.45, 2.75) is 25.6 Å². The predicted molar refractivity (Wildman–Crippen MR) is 95.9 cm³/mol. The van der Waals surface area contributed by atoms with Crippen LogP contribution in [0.4, 0.5) is 0 Å². The van der Waals surface area contributed by atoms with Gasteiger partial charge < -0.3 is 4.90 Å². The minimum atomic E-state index is -0.341. The summed E-state index contributed by atoms with van der Waals surface area (Å²) in [6, 6.07) is 8.45. The molecule has 24 heavy (non-hydrogen) atoms.